The summed E-state index contributed by atoms with van der Waals surface area (Å²) in [4.78, 5) is 34.3. The van der Waals surface area contributed by atoms with Gasteiger partial charge in [-0.25, -0.2) is 13.8 Å². The van der Waals surface area contributed by atoms with E-state index in [-0.39, 0.29) is 27.2 Å². The Morgan fingerprint density at radius 3 is 2.28 bits per heavy atom. The lowest BCUT2D eigenvalue weighted by Crippen LogP contribution is -2.39. The fourth-order valence-corrected chi connectivity index (χ4v) is 3.68. The van der Waals surface area contributed by atoms with Crippen molar-refractivity contribution < 1.29 is 18.4 Å². The first kappa shape index (κ1) is 20.3. The van der Waals surface area contributed by atoms with E-state index in [2.05, 4.69) is 9.97 Å². The first-order chi connectivity index (χ1) is 13.8. The summed E-state index contributed by atoms with van der Waals surface area (Å²) in [6.07, 6.45) is 0.348. The van der Waals surface area contributed by atoms with Crippen molar-refractivity contribution in [2.75, 3.05) is 10.6 Å². The number of primary amides is 1. The van der Waals surface area contributed by atoms with E-state index in [1.165, 1.54) is 41.6 Å². The monoisotopic (exact) mass is 417 g/mol. The number of ketones is 1. The number of alkyl halides is 2. The second-order valence-corrected chi connectivity index (χ2v) is 7.09. The van der Waals surface area contributed by atoms with E-state index >= 15 is 0 Å². The van der Waals surface area contributed by atoms with Crippen LogP contribution < -0.4 is 16.4 Å². The smallest absolute Gasteiger partial charge is 0.263 e. The molecular weight excluding hydrogens is 400 g/mol. The zero-order chi connectivity index (χ0) is 21.1. The van der Waals surface area contributed by atoms with Crippen molar-refractivity contribution in [3.63, 3.8) is 0 Å². The molecule has 0 bridgehead atoms. The second-order valence-electron chi connectivity index (χ2n) is 6.12. The number of halogens is 2. The molecule has 0 aliphatic carbocycles. The predicted molar refractivity (Wildman–Crippen MR) is 106 cm³/mol. The van der Waals surface area contributed by atoms with E-state index < -0.39 is 18.4 Å². The lowest BCUT2D eigenvalue weighted by atomic mass is 10.1. The van der Waals surface area contributed by atoms with E-state index in [1.54, 1.807) is 19.1 Å². The number of nitrogens with two attached hydrogens (primary N) is 2. The van der Waals surface area contributed by atoms with Gasteiger partial charge >= 0.3 is 0 Å². The molecule has 1 atom stereocenters. The standard InChI is InChI=1S/C19H17F2N5O2S/c1-10(18(23)28)26(13-4-2-12(3-5-13)16(20)21)19-25-17(22)15(29-19)14(27)11-6-8-24-9-7-11/h2-10,16H,22H2,1H3,(H2,23,28). The molecule has 0 aliphatic heterocycles. The van der Waals surface area contributed by atoms with Gasteiger partial charge in [0.25, 0.3) is 6.43 Å². The Hall–Kier alpha value is -3.40. The molecule has 1 amide bonds. The van der Waals surface area contributed by atoms with E-state index in [9.17, 15) is 18.4 Å². The molecule has 0 saturated carbocycles. The van der Waals surface area contributed by atoms with Gasteiger partial charge in [-0.3, -0.25) is 14.6 Å². The van der Waals surface area contributed by atoms with Crippen molar-refractivity contribution in [1.29, 1.82) is 0 Å². The Balaban J connectivity index is 2.03. The molecule has 0 radical (unpaired) electrons. The average Bonchev–Trinajstić information content (AvgIpc) is 3.09. The third-order valence-corrected chi connectivity index (χ3v) is 5.29. The highest BCUT2D eigenvalue weighted by molar-refractivity contribution is 7.18. The number of nitrogens with zero attached hydrogens (tertiary/aromatic N) is 3. The van der Waals surface area contributed by atoms with E-state index in [1.807, 2.05) is 0 Å². The summed E-state index contributed by atoms with van der Waals surface area (Å²) in [7, 11) is 0. The van der Waals surface area contributed by atoms with Crippen LogP contribution >= 0.6 is 11.3 Å². The van der Waals surface area contributed by atoms with Crippen molar-refractivity contribution in [1.82, 2.24) is 9.97 Å². The Labute approximate surface area is 169 Å². The van der Waals surface area contributed by atoms with Gasteiger partial charge in [-0.05, 0) is 31.2 Å². The minimum atomic E-state index is -2.62. The number of benzene rings is 1. The molecule has 0 spiro atoms. The van der Waals surface area contributed by atoms with Crippen LogP contribution in [0.1, 0.15) is 34.1 Å². The van der Waals surface area contributed by atoms with E-state index in [0.29, 0.717) is 11.3 Å². The number of rotatable bonds is 7. The molecule has 0 saturated heterocycles. The van der Waals surface area contributed by atoms with Gasteiger partial charge < -0.3 is 16.4 Å². The SMILES string of the molecule is CC(C(N)=O)N(c1ccc(C(F)F)cc1)c1nc(N)c(C(=O)c2ccncc2)s1. The zero-order valence-electron chi connectivity index (χ0n) is 15.3. The Morgan fingerprint density at radius 2 is 1.72 bits per heavy atom. The van der Waals surface area contributed by atoms with Crippen LogP contribution in [0.4, 0.5) is 25.4 Å². The molecular formula is C19H17F2N5O2S. The van der Waals surface area contributed by atoms with Crippen LogP contribution in [-0.2, 0) is 4.79 Å². The number of hydrogen-bond acceptors (Lipinski definition) is 7. The Kier molecular flexibility index (Phi) is 5.83. The third-order valence-electron chi connectivity index (χ3n) is 4.22. The van der Waals surface area contributed by atoms with Gasteiger partial charge in [-0.15, -0.1) is 0 Å². The molecule has 10 heteroatoms. The molecule has 2 aromatic heterocycles. The maximum absolute atomic E-state index is 12.9. The lowest BCUT2D eigenvalue weighted by Gasteiger charge is -2.26. The molecule has 0 fully saturated rings. The first-order valence-corrected chi connectivity index (χ1v) is 9.29. The summed E-state index contributed by atoms with van der Waals surface area (Å²) >= 11 is 0.986. The van der Waals surface area contributed by atoms with Crippen LogP contribution in [0.2, 0.25) is 0 Å². The van der Waals surface area contributed by atoms with E-state index in [0.717, 1.165) is 11.3 Å². The summed E-state index contributed by atoms with van der Waals surface area (Å²) in [5.74, 6) is -0.996. The van der Waals surface area contributed by atoms with Gasteiger partial charge in [0.05, 0.1) is 0 Å². The highest BCUT2D eigenvalue weighted by Crippen LogP contribution is 2.36. The van der Waals surface area contributed by atoms with Crippen molar-refractivity contribution in [2.45, 2.75) is 19.4 Å². The summed E-state index contributed by atoms with van der Waals surface area (Å²) in [5.41, 5.74) is 12.1. The number of amides is 1. The minimum Gasteiger partial charge on any atom is -0.382 e. The number of pyridine rings is 1. The number of thiazole rings is 1. The highest BCUT2D eigenvalue weighted by atomic mass is 32.1. The average molecular weight is 417 g/mol. The van der Waals surface area contributed by atoms with Gasteiger partial charge in [-0.1, -0.05) is 23.5 Å². The normalized spacial score (nSPS) is 12.0. The maximum Gasteiger partial charge on any atom is 0.263 e. The van der Waals surface area contributed by atoms with Crippen molar-refractivity contribution in [3.05, 3.63) is 64.8 Å². The molecule has 3 aromatic rings. The zero-order valence-corrected chi connectivity index (χ0v) is 16.1. The third kappa shape index (κ3) is 4.21. The van der Waals surface area contributed by atoms with Gasteiger partial charge in [-0.2, -0.15) is 0 Å². The summed E-state index contributed by atoms with van der Waals surface area (Å²) < 4.78 is 25.7. The van der Waals surface area contributed by atoms with Crippen molar-refractivity contribution in [3.8, 4) is 0 Å². The molecule has 2 heterocycles. The molecule has 1 unspecified atom stereocenters. The van der Waals surface area contributed by atoms with Gasteiger partial charge in [0.2, 0.25) is 11.7 Å². The topological polar surface area (TPSA) is 115 Å². The Morgan fingerprint density at radius 1 is 1.10 bits per heavy atom. The van der Waals surface area contributed by atoms with Crippen LogP contribution in [0.15, 0.2) is 48.8 Å². The molecule has 7 nitrogen and oxygen atoms in total. The van der Waals surface area contributed by atoms with Crippen LogP contribution in [0.5, 0.6) is 0 Å². The largest absolute Gasteiger partial charge is 0.382 e. The summed E-state index contributed by atoms with van der Waals surface area (Å²) in [6.45, 7) is 1.55. The first-order valence-electron chi connectivity index (χ1n) is 8.47. The molecule has 150 valence electrons. The van der Waals surface area contributed by atoms with Crippen LogP contribution in [-0.4, -0.2) is 27.7 Å². The van der Waals surface area contributed by atoms with Crippen molar-refractivity contribution >= 4 is 39.7 Å². The van der Waals surface area contributed by atoms with Gasteiger partial charge in [0.1, 0.15) is 16.7 Å². The Bertz CT molecular complexity index is 1020. The number of carbonyl (C=O) groups excluding carboxylic acids is 2. The number of aromatic nitrogens is 2. The molecule has 1 aromatic carbocycles. The number of nitrogen functional groups attached to an aromatic ring is 1. The highest BCUT2D eigenvalue weighted by Gasteiger charge is 2.27. The minimum absolute atomic E-state index is 0.00215. The van der Waals surface area contributed by atoms with Crippen LogP contribution in [0.3, 0.4) is 0 Å². The van der Waals surface area contributed by atoms with E-state index in [4.69, 9.17) is 11.5 Å². The lowest BCUT2D eigenvalue weighted by molar-refractivity contribution is -0.118. The maximum atomic E-state index is 12.9. The fourth-order valence-electron chi connectivity index (χ4n) is 2.63. The summed E-state index contributed by atoms with van der Waals surface area (Å²) in [6, 6.07) is 7.61. The number of carbonyl (C=O) groups is 2. The summed E-state index contributed by atoms with van der Waals surface area (Å²) in [5, 5.41) is 0.246. The molecule has 0 aliphatic rings. The van der Waals surface area contributed by atoms with Gasteiger partial charge in [0, 0.05) is 29.2 Å². The van der Waals surface area contributed by atoms with Crippen molar-refractivity contribution in [2.24, 2.45) is 5.73 Å². The number of hydrogen-bond donors (Lipinski definition) is 2. The molecule has 4 N–H and O–H groups in total. The second kappa shape index (κ2) is 8.31. The predicted octanol–water partition coefficient (Wildman–Crippen LogP) is 3.30. The van der Waals surface area contributed by atoms with Gasteiger partial charge in [0.15, 0.2) is 5.13 Å². The van der Waals surface area contributed by atoms with Crippen LogP contribution in [0.25, 0.3) is 0 Å². The number of anilines is 3. The molecule has 29 heavy (non-hydrogen) atoms. The molecule has 3 rings (SSSR count). The fraction of sp³-hybridized carbons (Fsp3) is 0.158. The van der Waals surface area contributed by atoms with Crippen LogP contribution in [0, 0.1) is 0 Å². The quantitative estimate of drug-likeness (QED) is 0.570.